The Balaban J connectivity index is 2.07. The molecule has 1 atom stereocenters. The van der Waals surface area contributed by atoms with Crippen molar-refractivity contribution in [1.82, 2.24) is 0 Å². The van der Waals surface area contributed by atoms with E-state index in [1.807, 2.05) is 30.3 Å². The highest BCUT2D eigenvalue weighted by molar-refractivity contribution is 6.36. The maximum atomic E-state index is 11.3. The van der Waals surface area contributed by atoms with E-state index in [0.29, 0.717) is 5.84 Å². The number of hydrogen-bond acceptors (Lipinski definition) is 4. The summed E-state index contributed by atoms with van der Waals surface area (Å²) < 4.78 is 4.78. The molecule has 5 heteroatoms. The molecule has 0 aliphatic carbocycles. The van der Waals surface area contributed by atoms with Gasteiger partial charge in [-0.1, -0.05) is 30.3 Å². The van der Waals surface area contributed by atoms with Crippen LogP contribution in [0.25, 0.3) is 0 Å². The highest BCUT2D eigenvalue weighted by Gasteiger charge is 2.20. The van der Waals surface area contributed by atoms with Gasteiger partial charge in [-0.05, 0) is 18.9 Å². The molecule has 2 rings (SSSR count). The standard InChI is InChI=1S/C14H17N3O2/c1-2-19-14(18)13(15)17-12-9-8-11(16-12)10-6-4-3-5-7-10/h3-7,11H,2,8-9H2,1H3,(H2,15,16,17). The second-order valence-corrected chi connectivity index (χ2v) is 4.23. The Morgan fingerprint density at radius 3 is 2.89 bits per heavy atom. The molecule has 1 heterocycles. The number of amidine groups is 2. The lowest BCUT2D eigenvalue weighted by molar-refractivity contribution is -0.135. The van der Waals surface area contributed by atoms with E-state index in [4.69, 9.17) is 10.5 Å². The predicted molar refractivity (Wildman–Crippen MR) is 74.1 cm³/mol. The van der Waals surface area contributed by atoms with E-state index < -0.39 is 5.97 Å². The van der Waals surface area contributed by atoms with Crippen molar-refractivity contribution in [2.45, 2.75) is 25.8 Å². The second kappa shape index (κ2) is 6.13. The van der Waals surface area contributed by atoms with Crippen LogP contribution in [0.3, 0.4) is 0 Å². The van der Waals surface area contributed by atoms with Crippen LogP contribution in [0.15, 0.2) is 40.3 Å². The van der Waals surface area contributed by atoms with Crippen molar-refractivity contribution >= 4 is 17.6 Å². The van der Waals surface area contributed by atoms with Crippen LogP contribution >= 0.6 is 0 Å². The molecule has 2 N–H and O–H groups in total. The van der Waals surface area contributed by atoms with E-state index >= 15 is 0 Å². The van der Waals surface area contributed by atoms with Crippen molar-refractivity contribution in [3.05, 3.63) is 35.9 Å². The first-order chi connectivity index (χ1) is 9.20. The smallest absolute Gasteiger partial charge is 0.373 e. The predicted octanol–water partition coefficient (Wildman–Crippen LogP) is 1.84. The van der Waals surface area contributed by atoms with Crippen LogP contribution in [0.1, 0.15) is 31.4 Å². The minimum absolute atomic E-state index is 0.106. The summed E-state index contributed by atoms with van der Waals surface area (Å²) >= 11 is 0. The Labute approximate surface area is 112 Å². The monoisotopic (exact) mass is 259 g/mol. The topological polar surface area (TPSA) is 77.0 Å². The van der Waals surface area contributed by atoms with Crippen LogP contribution in [-0.4, -0.2) is 24.2 Å². The number of nitrogens with two attached hydrogens (primary N) is 1. The van der Waals surface area contributed by atoms with Crippen molar-refractivity contribution in [1.29, 1.82) is 0 Å². The van der Waals surface area contributed by atoms with Gasteiger partial charge in [0.15, 0.2) is 0 Å². The molecule has 0 bridgehead atoms. The van der Waals surface area contributed by atoms with E-state index in [0.717, 1.165) is 18.4 Å². The minimum atomic E-state index is -0.589. The molecular formula is C14H17N3O2. The van der Waals surface area contributed by atoms with Crippen LogP contribution < -0.4 is 5.73 Å². The Bertz CT molecular complexity index is 509. The second-order valence-electron chi connectivity index (χ2n) is 4.23. The van der Waals surface area contributed by atoms with Crippen molar-refractivity contribution in [2.24, 2.45) is 15.7 Å². The molecule has 0 fully saturated rings. The lowest BCUT2D eigenvalue weighted by Gasteiger charge is -2.04. The lowest BCUT2D eigenvalue weighted by Crippen LogP contribution is -2.27. The molecule has 1 aromatic carbocycles. The van der Waals surface area contributed by atoms with Gasteiger partial charge in [0, 0.05) is 6.42 Å². The van der Waals surface area contributed by atoms with E-state index in [2.05, 4.69) is 9.98 Å². The molecule has 19 heavy (non-hydrogen) atoms. The average Bonchev–Trinajstić information content (AvgIpc) is 2.88. The number of hydrogen-bond donors (Lipinski definition) is 1. The number of esters is 1. The molecule has 1 aromatic rings. The molecule has 5 nitrogen and oxygen atoms in total. The fourth-order valence-electron chi connectivity index (χ4n) is 1.97. The fraction of sp³-hybridized carbons (Fsp3) is 0.357. The first kappa shape index (κ1) is 13.3. The normalized spacial score (nSPS) is 19.1. The minimum Gasteiger partial charge on any atom is -0.460 e. The van der Waals surface area contributed by atoms with Crippen LogP contribution in [0, 0.1) is 0 Å². The third kappa shape index (κ3) is 3.40. The molecule has 1 unspecified atom stereocenters. The van der Waals surface area contributed by atoms with Gasteiger partial charge in [-0.25, -0.2) is 9.79 Å². The maximum Gasteiger partial charge on any atom is 0.373 e. The molecule has 0 aromatic heterocycles. The highest BCUT2D eigenvalue weighted by Crippen LogP contribution is 2.28. The van der Waals surface area contributed by atoms with Gasteiger partial charge in [0.2, 0.25) is 5.84 Å². The molecular weight excluding hydrogens is 242 g/mol. The number of ether oxygens (including phenoxy) is 1. The first-order valence-electron chi connectivity index (χ1n) is 6.33. The molecule has 1 aliphatic rings. The number of benzene rings is 1. The van der Waals surface area contributed by atoms with Gasteiger partial charge in [-0.2, -0.15) is 0 Å². The van der Waals surface area contributed by atoms with Crippen molar-refractivity contribution in [2.75, 3.05) is 6.61 Å². The lowest BCUT2D eigenvalue weighted by atomic mass is 10.1. The van der Waals surface area contributed by atoms with Gasteiger partial charge < -0.3 is 10.5 Å². The molecule has 1 aliphatic heterocycles. The van der Waals surface area contributed by atoms with Crippen LogP contribution in [0.4, 0.5) is 0 Å². The number of rotatable bonds is 2. The third-order valence-corrected chi connectivity index (χ3v) is 2.86. The quantitative estimate of drug-likeness (QED) is 0.500. The van der Waals surface area contributed by atoms with E-state index in [1.165, 1.54) is 0 Å². The van der Waals surface area contributed by atoms with Crippen LogP contribution in [0.5, 0.6) is 0 Å². The summed E-state index contributed by atoms with van der Waals surface area (Å²) in [5.41, 5.74) is 6.72. The van der Waals surface area contributed by atoms with Gasteiger partial charge in [-0.15, -0.1) is 0 Å². The SMILES string of the molecule is CCOC(=O)C(N)=NC1=NC(c2ccccc2)CC1. The number of carbonyl (C=O) groups excluding carboxylic acids is 1. The summed E-state index contributed by atoms with van der Waals surface area (Å²) in [6.45, 7) is 2.01. The van der Waals surface area contributed by atoms with E-state index in [1.54, 1.807) is 6.92 Å². The molecule has 0 saturated carbocycles. The molecule has 100 valence electrons. The van der Waals surface area contributed by atoms with Crippen LogP contribution in [-0.2, 0) is 9.53 Å². The highest BCUT2D eigenvalue weighted by atomic mass is 16.5. The van der Waals surface area contributed by atoms with Gasteiger partial charge >= 0.3 is 5.97 Å². The van der Waals surface area contributed by atoms with Crippen molar-refractivity contribution in [3.8, 4) is 0 Å². The summed E-state index contributed by atoms with van der Waals surface area (Å²) in [7, 11) is 0. The van der Waals surface area contributed by atoms with Crippen molar-refractivity contribution in [3.63, 3.8) is 0 Å². The van der Waals surface area contributed by atoms with Gasteiger partial charge in [0.05, 0.1) is 12.6 Å². The Hall–Kier alpha value is -2.17. The molecule has 0 spiro atoms. The summed E-state index contributed by atoms with van der Waals surface area (Å²) in [6.07, 6.45) is 1.61. The molecule has 0 radical (unpaired) electrons. The van der Waals surface area contributed by atoms with Gasteiger partial charge in [0.1, 0.15) is 5.84 Å². The maximum absolute atomic E-state index is 11.3. The van der Waals surface area contributed by atoms with E-state index in [-0.39, 0.29) is 18.5 Å². The fourth-order valence-corrected chi connectivity index (χ4v) is 1.97. The number of carbonyl (C=O) groups is 1. The first-order valence-corrected chi connectivity index (χ1v) is 6.33. The average molecular weight is 259 g/mol. The zero-order valence-corrected chi connectivity index (χ0v) is 10.9. The van der Waals surface area contributed by atoms with Gasteiger partial charge in [-0.3, -0.25) is 4.99 Å². The summed E-state index contributed by atoms with van der Waals surface area (Å²) in [6, 6.07) is 10.1. The summed E-state index contributed by atoms with van der Waals surface area (Å²) in [4.78, 5) is 19.9. The van der Waals surface area contributed by atoms with Crippen LogP contribution in [0.2, 0.25) is 0 Å². The summed E-state index contributed by atoms with van der Waals surface area (Å²) in [5.74, 6) is -0.109. The third-order valence-electron chi connectivity index (χ3n) is 2.86. The Kier molecular flexibility index (Phi) is 4.28. The Morgan fingerprint density at radius 1 is 1.47 bits per heavy atom. The van der Waals surface area contributed by atoms with Crippen molar-refractivity contribution < 1.29 is 9.53 Å². The molecule has 0 amide bonds. The Morgan fingerprint density at radius 2 is 2.21 bits per heavy atom. The van der Waals surface area contributed by atoms with E-state index in [9.17, 15) is 4.79 Å². The number of nitrogens with zero attached hydrogens (tertiary/aromatic N) is 2. The zero-order chi connectivity index (χ0) is 13.7. The number of aliphatic imine (C=N–C) groups is 2. The molecule has 0 saturated heterocycles. The summed E-state index contributed by atoms with van der Waals surface area (Å²) in [5, 5.41) is 0. The van der Waals surface area contributed by atoms with Gasteiger partial charge in [0.25, 0.3) is 0 Å². The largest absolute Gasteiger partial charge is 0.460 e. The zero-order valence-electron chi connectivity index (χ0n) is 10.9.